The van der Waals surface area contributed by atoms with Crippen LogP contribution >= 0.6 is 11.3 Å². The lowest BCUT2D eigenvalue weighted by molar-refractivity contribution is 0.285. The zero-order valence-electron chi connectivity index (χ0n) is 12.4. The van der Waals surface area contributed by atoms with Gasteiger partial charge in [-0.2, -0.15) is 0 Å². The minimum absolute atomic E-state index is 0.763. The molecule has 1 saturated carbocycles. The van der Waals surface area contributed by atoms with Crippen molar-refractivity contribution < 1.29 is 0 Å². The maximum Gasteiger partial charge on any atom is 0.0345 e. The van der Waals surface area contributed by atoms with Crippen LogP contribution in [0.1, 0.15) is 44.6 Å². The molecule has 1 nitrogen and oxygen atoms in total. The van der Waals surface area contributed by atoms with Gasteiger partial charge in [0.1, 0.15) is 0 Å². The van der Waals surface area contributed by atoms with Crippen LogP contribution in [-0.2, 0) is 6.42 Å². The summed E-state index contributed by atoms with van der Waals surface area (Å²) in [5, 5.41) is 7.59. The van der Waals surface area contributed by atoms with Crippen molar-refractivity contribution >= 4 is 21.4 Å². The van der Waals surface area contributed by atoms with Gasteiger partial charge in [0.05, 0.1) is 0 Å². The second-order valence-electron chi connectivity index (χ2n) is 6.14. The van der Waals surface area contributed by atoms with Gasteiger partial charge in [-0.15, -0.1) is 11.3 Å². The van der Waals surface area contributed by atoms with E-state index in [1.54, 1.807) is 5.56 Å². The molecule has 1 aromatic carbocycles. The molecular formula is C18H25NS. The number of benzene rings is 1. The first-order valence-corrected chi connectivity index (χ1v) is 8.93. The Morgan fingerprint density at radius 1 is 1.25 bits per heavy atom. The van der Waals surface area contributed by atoms with Crippen LogP contribution < -0.4 is 5.32 Å². The summed E-state index contributed by atoms with van der Waals surface area (Å²) in [6.45, 7) is 3.43. The van der Waals surface area contributed by atoms with Gasteiger partial charge in [0.2, 0.25) is 0 Å². The van der Waals surface area contributed by atoms with Gasteiger partial charge in [0.15, 0.2) is 0 Å². The van der Waals surface area contributed by atoms with Gasteiger partial charge in [-0.25, -0.2) is 0 Å². The molecule has 0 radical (unpaired) electrons. The highest BCUT2D eigenvalue weighted by atomic mass is 32.1. The van der Waals surface area contributed by atoms with E-state index in [4.69, 9.17) is 0 Å². The van der Waals surface area contributed by atoms with Crippen LogP contribution in [0.15, 0.2) is 29.6 Å². The van der Waals surface area contributed by atoms with Crippen molar-refractivity contribution in [1.82, 2.24) is 5.32 Å². The SMILES string of the molecule is CCCNC1CCCC(Cc2csc3ccccc23)C1. The Hall–Kier alpha value is -0.860. The summed E-state index contributed by atoms with van der Waals surface area (Å²) in [4.78, 5) is 0. The summed E-state index contributed by atoms with van der Waals surface area (Å²) in [5.41, 5.74) is 1.58. The molecule has 108 valence electrons. The maximum atomic E-state index is 3.72. The van der Waals surface area contributed by atoms with E-state index in [1.165, 1.54) is 55.2 Å². The molecule has 1 fully saturated rings. The Morgan fingerprint density at radius 3 is 3.05 bits per heavy atom. The number of rotatable bonds is 5. The highest BCUT2D eigenvalue weighted by Gasteiger charge is 2.22. The van der Waals surface area contributed by atoms with E-state index in [1.807, 2.05) is 11.3 Å². The van der Waals surface area contributed by atoms with Gasteiger partial charge in [-0.1, -0.05) is 38.0 Å². The summed E-state index contributed by atoms with van der Waals surface area (Å²) in [6, 6.07) is 9.62. The monoisotopic (exact) mass is 287 g/mol. The van der Waals surface area contributed by atoms with E-state index in [0.717, 1.165) is 12.0 Å². The molecule has 0 spiro atoms. The lowest BCUT2D eigenvalue weighted by Gasteiger charge is -2.30. The van der Waals surface area contributed by atoms with Gasteiger partial charge < -0.3 is 5.32 Å². The van der Waals surface area contributed by atoms with Gasteiger partial charge >= 0.3 is 0 Å². The minimum atomic E-state index is 0.763. The molecule has 1 aliphatic carbocycles. The van der Waals surface area contributed by atoms with Crippen LogP contribution in [0, 0.1) is 5.92 Å². The third kappa shape index (κ3) is 3.24. The fourth-order valence-electron chi connectivity index (χ4n) is 3.51. The first-order valence-electron chi connectivity index (χ1n) is 8.05. The van der Waals surface area contributed by atoms with Crippen molar-refractivity contribution in [3.8, 4) is 0 Å². The molecule has 1 aliphatic rings. The smallest absolute Gasteiger partial charge is 0.0345 e. The average molecular weight is 287 g/mol. The quantitative estimate of drug-likeness (QED) is 0.816. The zero-order valence-corrected chi connectivity index (χ0v) is 13.2. The van der Waals surface area contributed by atoms with E-state index in [-0.39, 0.29) is 0 Å². The van der Waals surface area contributed by atoms with Crippen LogP contribution in [0.3, 0.4) is 0 Å². The average Bonchev–Trinajstić information content (AvgIpc) is 2.89. The molecule has 3 rings (SSSR count). The fraction of sp³-hybridized carbons (Fsp3) is 0.556. The van der Waals surface area contributed by atoms with Crippen LogP contribution in [0.2, 0.25) is 0 Å². The topological polar surface area (TPSA) is 12.0 Å². The molecule has 2 heteroatoms. The first kappa shape index (κ1) is 14.1. The van der Waals surface area contributed by atoms with Gasteiger partial charge in [-0.05, 0) is 60.5 Å². The molecule has 0 bridgehead atoms. The molecule has 20 heavy (non-hydrogen) atoms. The molecule has 0 saturated heterocycles. The molecule has 0 amide bonds. The third-order valence-corrected chi connectivity index (χ3v) is 5.55. The summed E-state index contributed by atoms with van der Waals surface area (Å²) in [5.74, 6) is 0.871. The number of fused-ring (bicyclic) bond motifs is 1. The predicted molar refractivity (Wildman–Crippen MR) is 89.6 cm³/mol. The lowest BCUT2D eigenvalue weighted by Crippen LogP contribution is -2.35. The predicted octanol–water partition coefficient (Wildman–Crippen LogP) is 5.00. The van der Waals surface area contributed by atoms with Crippen LogP contribution in [0.25, 0.3) is 10.1 Å². The Kier molecular flexibility index (Phi) is 4.74. The summed E-state index contributed by atoms with van der Waals surface area (Å²) >= 11 is 1.90. The summed E-state index contributed by atoms with van der Waals surface area (Å²) < 4.78 is 1.44. The van der Waals surface area contributed by atoms with Gasteiger partial charge in [0.25, 0.3) is 0 Å². The molecular weight excluding hydrogens is 262 g/mol. The number of thiophene rings is 1. The van der Waals surface area contributed by atoms with E-state index >= 15 is 0 Å². The van der Waals surface area contributed by atoms with Crippen LogP contribution in [-0.4, -0.2) is 12.6 Å². The highest BCUT2D eigenvalue weighted by molar-refractivity contribution is 7.17. The Morgan fingerprint density at radius 2 is 2.15 bits per heavy atom. The second-order valence-corrected chi connectivity index (χ2v) is 7.06. The standard InChI is InChI=1S/C18H25NS/c1-2-10-19-16-7-5-6-14(12-16)11-15-13-20-18-9-4-3-8-17(15)18/h3-4,8-9,13-14,16,19H,2,5-7,10-12H2,1H3. The van der Waals surface area contributed by atoms with E-state index in [2.05, 4.69) is 41.9 Å². The molecule has 1 aromatic heterocycles. The molecule has 2 unspecified atom stereocenters. The number of hydrogen-bond acceptors (Lipinski definition) is 2. The number of hydrogen-bond donors (Lipinski definition) is 1. The van der Waals surface area contributed by atoms with Crippen molar-refractivity contribution in [1.29, 1.82) is 0 Å². The third-order valence-electron chi connectivity index (χ3n) is 4.54. The Balaban J connectivity index is 1.65. The molecule has 2 atom stereocenters. The fourth-order valence-corrected chi connectivity index (χ4v) is 4.49. The van der Waals surface area contributed by atoms with Crippen molar-refractivity contribution in [2.24, 2.45) is 5.92 Å². The Bertz CT molecular complexity index is 545. The largest absolute Gasteiger partial charge is 0.314 e. The van der Waals surface area contributed by atoms with Gasteiger partial charge in [0, 0.05) is 10.7 Å². The van der Waals surface area contributed by atoms with Crippen molar-refractivity contribution in [3.63, 3.8) is 0 Å². The first-order chi connectivity index (χ1) is 9.86. The molecule has 2 aromatic rings. The van der Waals surface area contributed by atoms with Crippen molar-refractivity contribution in [2.75, 3.05) is 6.54 Å². The highest BCUT2D eigenvalue weighted by Crippen LogP contribution is 2.32. The molecule has 1 N–H and O–H groups in total. The zero-order chi connectivity index (χ0) is 13.8. The van der Waals surface area contributed by atoms with Crippen molar-refractivity contribution in [3.05, 3.63) is 35.2 Å². The second kappa shape index (κ2) is 6.73. The van der Waals surface area contributed by atoms with Crippen LogP contribution in [0.5, 0.6) is 0 Å². The van der Waals surface area contributed by atoms with Crippen LogP contribution in [0.4, 0.5) is 0 Å². The minimum Gasteiger partial charge on any atom is -0.314 e. The number of nitrogens with one attached hydrogen (secondary N) is 1. The van der Waals surface area contributed by atoms with Crippen molar-refractivity contribution in [2.45, 2.75) is 51.5 Å². The van der Waals surface area contributed by atoms with E-state index < -0.39 is 0 Å². The normalized spacial score (nSPS) is 23.2. The van der Waals surface area contributed by atoms with E-state index in [9.17, 15) is 0 Å². The lowest BCUT2D eigenvalue weighted by atomic mass is 9.82. The molecule has 1 heterocycles. The maximum absolute atomic E-state index is 3.72. The van der Waals surface area contributed by atoms with E-state index in [0.29, 0.717) is 0 Å². The van der Waals surface area contributed by atoms with Gasteiger partial charge in [-0.3, -0.25) is 0 Å². The summed E-state index contributed by atoms with van der Waals surface area (Å²) in [7, 11) is 0. The summed E-state index contributed by atoms with van der Waals surface area (Å²) in [6.07, 6.45) is 8.07. The molecule has 0 aliphatic heterocycles. The Labute approximate surface area is 126 Å².